The summed E-state index contributed by atoms with van der Waals surface area (Å²) in [4.78, 5) is 10.6. The second kappa shape index (κ2) is 3.56. The van der Waals surface area contributed by atoms with Crippen molar-refractivity contribution in [1.29, 1.82) is 0 Å². The first-order valence-electron chi connectivity index (χ1n) is 4.34. The smallest absolute Gasteiger partial charge is 0.307 e. The zero-order valence-electron chi connectivity index (χ0n) is 8.02. The monoisotopic (exact) mass is 207 g/mol. The highest BCUT2D eigenvalue weighted by Crippen LogP contribution is 2.22. The van der Waals surface area contributed by atoms with E-state index in [2.05, 4.69) is 15.4 Å². The van der Waals surface area contributed by atoms with Crippen molar-refractivity contribution in [2.24, 2.45) is 0 Å². The van der Waals surface area contributed by atoms with Gasteiger partial charge in [0.2, 0.25) is 0 Å². The molecule has 0 saturated heterocycles. The predicted octanol–water partition coefficient (Wildman–Crippen LogP) is 1.00. The zero-order valence-corrected chi connectivity index (χ0v) is 8.02. The number of carboxylic acid groups (broad SMARTS) is 1. The van der Waals surface area contributed by atoms with Gasteiger partial charge in [-0.05, 0) is 6.92 Å². The molecule has 0 fully saturated rings. The Morgan fingerprint density at radius 1 is 1.67 bits per heavy atom. The molecule has 0 saturated carbocycles. The van der Waals surface area contributed by atoms with Crippen LogP contribution in [0.1, 0.15) is 11.1 Å². The molecule has 0 spiro atoms. The summed E-state index contributed by atoms with van der Waals surface area (Å²) < 4.78 is 4.78. The van der Waals surface area contributed by atoms with Gasteiger partial charge in [0.25, 0.3) is 0 Å². The first kappa shape index (κ1) is 9.45. The standard InChI is InChI=1S/C9H9N3O3/c1-5-4-15-12-8(5)9-6(2-7(13)14)3-10-11-9/h3-4H,2H2,1H3,(H,10,11)(H,13,14). The van der Waals surface area contributed by atoms with E-state index in [9.17, 15) is 4.79 Å². The Hall–Kier alpha value is -2.11. The normalized spacial score (nSPS) is 10.5. The number of aromatic amines is 1. The van der Waals surface area contributed by atoms with Crippen LogP contribution in [0.5, 0.6) is 0 Å². The minimum Gasteiger partial charge on any atom is -0.481 e. The van der Waals surface area contributed by atoms with Crippen LogP contribution in [0.25, 0.3) is 11.4 Å². The molecule has 2 N–H and O–H groups in total. The zero-order chi connectivity index (χ0) is 10.8. The molecule has 0 atom stereocenters. The lowest BCUT2D eigenvalue weighted by Crippen LogP contribution is -2.00. The summed E-state index contributed by atoms with van der Waals surface area (Å²) in [5, 5.41) is 19.0. The Bertz CT molecular complexity index is 486. The maximum Gasteiger partial charge on any atom is 0.307 e. The van der Waals surface area contributed by atoms with Gasteiger partial charge in [0.15, 0.2) is 0 Å². The number of nitrogens with one attached hydrogen (secondary N) is 1. The summed E-state index contributed by atoms with van der Waals surface area (Å²) in [6.45, 7) is 1.83. The lowest BCUT2D eigenvalue weighted by atomic mass is 10.1. The van der Waals surface area contributed by atoms with E-state index in [1.54, 1.807) is 0 Å². The van der Waals surface area contributed by atoms with E-state index in [4.69, 9.17) is 9.63 Å². The third-order valence-corrected chi connectivity index (χ3v) is 2.04. The number of rotatable bonds is 3. The van der Waals surface area contributed by atoms with Gasteiger partial charge in [0.05, 0.1) is 18.3 Å². The van der Waals surface area contributed by atoms with Gasteiger partial charge >= 0.3 is 5.97 Å². The molecule has 0 amide bonds. The summed E-state index contributed by atoms with van der Waals surface area (Å²) in [7, 11) is 0. The molecule has 0 radical (unpaired) electrons. The van der Waals surface area contributed by atoms with Crippen molar-refractivity contribution >= 4 is 5.97 Å². The van der Waals surface area contributed by atoms with E-state index in [1.165, 1.54) is 12.5 Å². The number of hydrogen-bond acceptors (Lipinski definition) is 4. The van der Waals surface area contributed by atoms with Gasteiger partial charge in [-0.15, -0.1) is 0 Å². The molecule has 0 aliphatic heterocycles. The molecule has 0 bridgehead atoms. The molecule has 2 aromatic heterocycles. The molecular formula is C9H9N3O3. The van der Waals surface area contributed by atoms with Gasteiger partial charge in [-0.2, -0.15) is 5.10 Å². The number of aliphatic carboxylic acids is 1. The molecule has 0 aliphatic rings. The molecular weight excluding hydrogens is 198 g/mol. The van der Waals surface area contributed by atoms with Crippen LogP contribution in [0.2, 0.25) is 0 Å². The molecule has 0 aliphatic carbocycles. The highest BCUT2D eigenvalue weighted by atomic mass is 16.5. The van der Waals surface area contributed by atoms with Gasteiger partial charge in [-0.25, -0.2) is 0 Å². The van der Waals surface area contributed by atoms with Crippen LogP contribution in [0, 0.1) is 6.92 Å². The average molecular weight is 207 g/mol. The van der Waals surface area contributed by atoms with Crippen molar-refractivity contribution in [3.63, 3.8) is 0 Å². The van der Waals surface area contributed by atoms with E-state index in [1.807, 2.05) is 6.92 Å². The highest BCUT2D eigenvalue weighted by molar-refractivity contribution is 5.74. The topological polar surface area (TPSA) is 92.0 Å². The summed E-state index contributed by atoms with van der Waals surface area (Å²) in [5.74, 6) is -0.904. The molecule has 0 unspecified atom stereocenters. The minimum absolute atomic E-state index is 0.0852. The van der Waals surface area contributed by atoms with Crippen LogP contribution in [0.3, 0.4) is 0 Å². The van der Waals surface area contributed by atoms with E-state index in [0.717, 1.165) is 5.56 Å². The van der Waals surface area contributed by atoms with E-state index in [-0.39, 0.29) is 6.42 Å². The molecule has 0 aromatic carbocycles. The molecule has 6 nitrogen and oxygen atoms in total. The quantitative estimate of drug-likeness (QED) is 0.783. The van der Waals surface area contributed by atoms with Crippen molar-refractivity contribution in [3.8, 4) is 11.4 Å². The van der Waals surface area contributed by atoms with Crippen molar-refractivity contribution in [2.45, 2.75) is 13.3 Å². The second-order valence-corrected chi connectivity index (χ2v) is 3.19. The Kier molecular flexibility index (Phi) is 2.24. The molecule has 2 rings (SSSR count). The Morgan fingerprint density at radius 3 is 3.07 bits per heavy atom. The van der Waals surface area contributed by atoms with Crippen LogP contribution in [-0.2, 0) is 11.2 Å². The maximum absolute atomic E-state index is 10.6. The minimum atomic E-state index is -0.904. The lowest BCUT2D eigenvalue weighted by Gasteiger charge is -1.96. The lowest BCUT2D eigenvalue weighted by molar-refractivity contribution is -0.136. The fraction of sp³-hybridized carbons (Fsp3) is 0.222. The van der Waals surface area contributed by atoms with Crippen LogP contribution < -0.4 is 0 Å². The predicted molar refractivity (Wildman–Crippen MR) is 50.2 cm³/mol. The first-order chi connectivity index (χ1) is 7.18. The highest BCUT2D eigenvalue weighted by Gasteiger charge is 2.15. The molecule has 2 heterocycles. The number of nitrogens with zero attached hydrogens (tertiary/aromatic N) is 2. The average Bonchev–Trinajstić information content (AvgIpc) is 2.73. The van der Waals surface area contributed by atoms with E-state index < -0.39 is 5.97 Å². The van der Waals surface area contributed by atoms with Crippen LogP contribution in [-0.4, -0.2) is 26.4 Å². The Balaban J connectivity index is 2.41. The van der Waals surface area contributed by atoms with Crippen LogP contribution in [0.15, 0.2) is 17.0 Å². The fourth-order valence-electron chi connectivity index (χ4n) is 1.34. The number of aromatic nitrogens is 3. The number of aryl methyl sites for hydroxylation is 1. The van der Waals surface area contributed by atoms with Gasteiger partial charge < -0.3 is 9.63 Å². The number of carboxylic acids is 1. The van der Waals surface area contributed by atoms with Crippen molar-refractivity contribution in [2.75, 3.05) is 0 Å². The third kappa shape index (κ3) is 1.74. The number of H-pyrrole nitrogens is 1. The SMILES string of the molecule is Cc1conc1-c1[nH]ncc1CC(=O)O. The molecule has 78 valence electrons. The third-order valence-electron chi connectivity index (χ3n) is 2.04. The Morgan fingerprint density at radius 2 is 2.47 bits per heavy atom. The Labute approximate surface area is 84.9 Å². The first-order valence-corrected chi connectivity index (χ1v) is 4.34. The van der Waals surface area contributed by atoms with Crippen molar-refractivity contribution in [3.05, 3.63) is 23.6 Å². The van der Waals surface area contributed by atoms with Gasteiger partial charge in [0.1, 0.15) is 12.0 Å². The van der Waals surface area contributed by atoms with Crippen molar-refractivity contribution in [1.82, 2.24) is 15.4 Å². The van der Waals surface area contributed by atoms with E-state index in [0.29, 0.717) is 17.0 Å². The number of hydrogen-bond donors (Lipinski definition) is 2. The van der Waals surface area contributed by atoms with Crippen molar-refractivity contribution < 1.29 is 14.4 Å². The summed E-state index contributed by atoms with van der Waals surface area (Å²) in [6, 6.07) is 0. The van der Waals surface area contributed by atoms with E-state index >= 15 is 0 Å². The van der Waals surface area contributed by atoms with Gasteiger partial charge in [-0.1, -0.05) is 5.16 Å². The second-order valence-electron chi connectivity index (χ2n) is 3.19. The molecule has 6 heteroatoms. The van der Waals surface area contributed by atoms with Crippen LogP contribution >= 0.6 is 0 Å². The maximum atomic E-state index is 10.6. The molecule has 2 aromatic rings. The summed E-state index contributed by atoms with van der Waals surface area (Å²) in [5.41, 5.74) is 2.64. The summed E-state index contributed by atoms with van der Waals surface area (Å²) >= 11 is 0. The molecule has 15 heavy (non-hydrogen) atoms. The fourth-order valence-corrected chi connectivity index (χ4v) is 1.34. The van der Waals surface area contributed by atoms with Gasteiger partial charge in [-0.3, -0.25) is 9.89 Å². The van der Waals surface area contributed by atoms with Gasteiger partial charge in [0, 0.05) is 11.1 Å². The van der Waals surface area contributed by atoms with Crippen LogP contribution in [0.4, 0.5) is 0 Å². The number of carbonyl (C=O) groups is 1. The summed E-state index contributed by atoms with van der Waals surface area (Å²) in [6.07, 6.45) is 2.90. The largest absolute Gasteiger partial charge is 0.481 e.